The number of hydrogen-bond acceptors (Lipinski definition) is 2. The highest BCUT2D eigenvalue weighted by Gasteiger charge is 2.04. The number of benzene rings is 1. The van der Waals surface area contributed by atoms with Crippen molar-refractivity contribution in [1.29, 1.82) is 0 Å². The van der Waals surface area contributed by atoms with Crippen LogP contribution in [0.4, 0.5) is 8.78 Å². The Morgan fingerprint density at radius 2 is 2.00 bits per heavy atom. The summed E-state index contributed by atoms with van der Waals surface area (Å²) in [7, 11) is 0. The Morgan fingerprint density at radius 3 is 2.71 bits per heavy atom. The Bertz CT molecular complexity index is 383. The summed E-state index contributed by atoms with van der Waals surface area (Å²) in [6.45, 7) is 0. The molecule has 1 aromatic carbocycles. The molecule has 1 N–H and O–H groups in total. The number of aliphatic carboxylic acids is 1. The first-order valence-electron chi connectivity index (χ1n) is 5.39. The third-order valence-corrected chi connectivity index (χ3v) is 3.30. The van der Waals surface area contributed by atoms with Gasteiger partial charge >= 0.3 is 5.97 Å². The van der Waals surface area contributed by atoms with E-state index in [-0.39, 0.29) is 6.42 Å². The molecule has 0 heterocycles. The van der Waals surface area contributed by atoms with E-state index in [1.165, 1.54) is 17.8 Å². The summed E-state index contributed by atoms with van der Waals surface area (Å²) in [5.74, 6) is -0.990. The molecule has 17 heavy (non-hydrogen) atoms. The highest BCUT2D eigenvalue weighted by molar-refractivity contribution is 7.99. The van der Waals surface area contributed by atoms with Crippen LogP contribution in [0.5, 0.6) is 0 Å². The van der Waals surface area contributed by atoms with Crippen molar-refractivity contribution in [1.82, 2.24) is 0 Å². The molecule has 0 fully saturated rings. The van der Waals surface area contributed by atoms with Gasteiger partial charge in [-0.05, 0) is 36.8 Å². The smallest absolute Gasteiger partial charge is 0.303 e. The van der Waals surface area contributed by atoms with E-state index in [1.54, 1.807) is 0 Å². The Hall–Kier alpha value is -1.10. The Balaban J connectivity index is 2.22. The van der Waals surface area contributed by atoms with Gasteiger partial charge in [-0.3, -0.25) is 4.79 Å². The quantitative estimate of drug-likeness (QED) is 0.600. The molecule has 1 rings (SSSR count). The van der Waals surface area contributed by atoms with Gasteiger partial charge in [-0.1, -0.05) is 6.42 Å². The molecule has 0 bridgehead atoms. The van der Waals surface area contributed by atoms with Crippen LogP contribution < -0.4 is 0 Å². The summed E-state index contributed by atoms with van der Waals surface area (Å²) < 4.78 is 26.0. The van der Waals surface area contributed by atoms with E-state index < -0.39 is 17.6 Å². The number of carbonyl (C=O) groups is 1. The Labute approximate surface area is 103 Å². The van der Waals surface area contributed by atoms with Crippen LogP contribution in [0.25, 0.3) is 0 Å². The minimum absolute atomic E-state index is 0.166. The van der Waals surface area contributed by atoms with E-state index in [2.05, 4.69) is 0 Å². The van der Waals surface area contributed by atoms with Crippen molar-refractivity contribution in [3.63, 3.8) is 0 Å². The number of rotatable bonds is 7. The molecule has 1 aromatic rings. The second-order valence-electron chi connectivity index (χ2n) is 3.63. The van der Waals surface area contributed by atoms with Gasteiger partial charge in [-0.2, -0.15) is 0 Å². The molecule has 0 aliphatic heterocycles. The lowest BCUT2D eigenvalue weighted by atomic mass is 10.2. The minimum atomic E-state index is -0.797. The Kier molecular flexibility index (Phi) is 5.97. The van der Waals surface area contributed by atoms with Gasteiger partial charge in [0.1, 0.15) is 11.6 Å². The zero-order chi connectivity index (χ0) is 12.7. The summed E-state index contributed by atoms with van der Waals surface area (Å²) in [5.41, 5.74) is 0. The van der Waals surface area contributed by atoms with E-state index in [0.717, 1.165) is 25.0 Å². The molecule has 0 aliphatic carbocycles. The third kappa shape index (κ3) is 5.68. The van der Waals surface area contributed by atoms with E-state index >= 15 is 0 Å². The largest absolute Gasteiger partial charge is 0.481 e. The lowest BCUT2D eigenvalue weighted by Gasteiger charge is -2.03. The zero-order valence-corrected chi connectivity index (χ0v) is 10.1. The molecule has 0 unspecified atom stereocenters. The summed E-state index contributed by atoms with van der Waals surface area (Å²) in [6, 6.07) is 3.38. The molecule has 94 valence electrons. The van der Waals surface area contributed by atoms with Crippen LogP contribution in [0.3, 0.4) is 0 Å². The van der Waals surface area contributed by atoms with Crippen LogP contribution >= 0.6 is 11.8 Å². The molecule has 0 spiro atoms. The maximum atomic E-state index is 13.2. The first-order chi connectivity index (χ1) is 8.09. The predicted octanol–water partition coefficient (Wildman–Crippen LogP) is 3.70. The third-order valence-electron chi connectivity index (χ3n) is 2.19. The van der Waals surface area contributed by atoms with Crippen LogP contribution in [0.15, 0.2) is 23.1 Å². The highest BCUT2D eigenvalue weighted by atomic mass is 32.2. The number of thioether (sulfide) groups is 1. The Morgan fingerprint density at radius 1 is 1.24 bits per heavy atom. The topological polar surface area (TPSA) is 37.3 Å². The molecule has 5 heteroatoms. The number of halogens is 2. The fourth-order valence-electron chi connectivity index (χ4n) is 1.32. The second kappa shape index (κ2) is 7.27. The van der Waals surface area contributed by atoms with E-state index in [1.807, 2.05) is 0 Å². The standard InChI is InChI=1S/C12H14F2O2S/c13-9-5-6-10(14)11(8-9)17-7-3-1-2-4-12(15)16/h5-6,8H,1-4,7H2,(H,15,16). The maximum absolute atomic E-state index is 13.2. The minimum Gasteiger partial charge on any atom is -0.481 e. The van der Waals surface area contributed by atoms with Crippen molar-refractivity contribution >= 4 is 17.7 Å². The normalized spacial score (nSPS) is 10.5. The van der Waals surface area contributed by atoms with Crippen LogP contribution in [-0.4, -0.2) is 16.8 Å². The molecule has 0 saturated carbocycles. The molecule has 2 nitrogen and oxygen atoms in total. The molecular weight excluding hydrogens is 246 g/mol. The summed E-state index contributed by atoms with van der Waals surface area (Å²) >= 11 is 1.26. The SMILES string of the molecule is O=C(O)CCCCCSc1cc(F)ccc1F. The highest BCUT2D eigenvalue weighted by Crippen LogP contribution is 2.23. The van der Waals surface area contributed by atoms with E-state index in [0.29, 0.717) is 17.1 Å². The van der Waals surface area contributed by atoms with Crippen molar-refractivity contribution in [3.8, 4) is 0 Å². The van der Waals surface area contributed by atoms with Crippen molar-refractivity contribution in [3.05, 3.63) is 29.8 Å². The number of hydrogen-bond donors (Lipinski definition) is 1. The van der Waals surface area contributed by atoms with Gasteiger partial charge in [0, 0.05) is 11.3 Å². The molecule has 0 aliphatic rings. The monoisotopic (exact) mass is 260 g/mol. The van der Waals surface area contributed by atoms with Gasteiger partial charge < -0.3 is 5.11 Å². The predicted molar refractivity (Wildman–Crippen MR) is 63.2 cm³/mol. The van der Waals surface area contributed by atoms with Gasteiger partial charge in [0.2, 0.25) is 0 Å². The van der Waals surface area contributed by atoms with Gasteiger partial charge in [-0.15, -0.1) is 11.8 Å². The molecular formula is C12H14F2O2S. The molecule has 0 atom stereocenters. The van der Waals surface area contributed by atoms with Crippen LogP contribution in [0.1, 0.15) is 25.7 Å². The van der Waals surface area contributed by atoms with Crippen molar-refractivity contribution in [2.24, 2.45) is 0 Å². The van der Waals surface area contributed by atoms with Crippen molar-refractivity contribution < 1.29 is 18.7 Å². The average Bonchev–Trinajstić information content (AvgIpc) is 2.27. The van der Waals surface area contributed by atoms with E-state index in [9.17, 15) is 13.6 Å². The van der Waals surface area contributed by atoms with Crippen molar-refractivity contribution in [2.75, 3.05) is 5.75 Å². The van der Waals surface area contributed by atoms with Gasteiger partial charge in [-0.25, -0.2) is 8.78 Å². The average molecular weight is 260 g/mol. The summed E-state index contributed by atoms with van der Waals surface area (Å²) in [6.07, 6.45) is 2.38. The number of carboxylic acid groups (broad SMARTS) is 1. The van der Waals surface area contributed by atoms with Gasteiger partial charge in [0.15, 0.2) is 0 Å². The van der Waals surface area contributed by atoms with Gasteiger partial charge in [0.05, 0.1) is 0 Å². The van der Waals surface area contributed by atoms with Crippen LogP contribution in [-0.2, 0) is 4.79 Å². The van der Waals surface area contributed by atoms with Crippen molar-refractivity contribution in [2.45, 2.75) is 30.6 Å². The van der Waals surface area contributed by atoms with E-state index in [4.69, 9.17) is 5.11 Å². The molecule has 0 radical (unpaired) electrons. The molecule has 0 aromatic heterocycles. The number of carboxylic acids is 1. The molecule has 0 amide bonds. The number of unbranched alkanes of at least 4 members (excludes halogenated alkanes) is 2. The van der Waals surface area contributed by atoms with Gasteiger partial charge in [0.25, 0.3) is 0 Å². The second-order valence-corrected chi connectivity index (χ2v) is 4.76. The van der Waals surface area contributed by atoms with Crippen LogP contribution in [0.2, 0.25) is 0 Å². The lowest BCUT2D eigenvalue weighted by Crippen LogP contribution is -1.94. The molecule has 0 saturated heterocycles. The fourth-order valence-corrected chi connectivity index (χ4v) is 2.30. The van der Waals surface area contributed by atoms with Crippen LogP contribution in [0, 0.1) is 11.6 Å². The summed E-state index contributed by atoms with van der Waals surface area (Å²) in [4.78, 5) is 10.5. The zero-order valence-electron chi connectivity index (χ0n) is 9.29. The summed E-state index contributed by atoms with van der Waals surface area (Å²) in [5, 5.41) is 8.42. The maximum Gasteiger partial charge on any atom is 0.303 e. The lowest BCUT2D eigenvalue weighted by molar-refractivity contribution is -0.137. The first-order valence-corrected chi connectivity index (χ1v) is 6.38. The first kappa shape index (κ1) is 14.0. The fraction of sp³-hybridized carbons (Fsp3) is 0.417.